The maximum absolute atomic E-state index is 12.3. The number of amides is 1. The second-order valence-electron chi connectivity index (χ2n) is 6.54. The molecule has 0 radical (unpaired) electrons. The van der Waals surface area contributed by atoms with E-state index in [0.717, 1.165) is 25.6 Å². The number of fused-ring (bicyclic) bond motifs is 2. The van der Waals surface area contributed by atoms with E-state index in [1.54, 1.807) is 29.0 Å². The smallest absolute Gasteiger partial charge is 0.301 e. The van der Waals surface area contributed by atoms with Gasteiger partial charge in [0, 0.05) is 32.1 Å². The molecule has 1 atom stereocenters. The number of hydrogen-bond donors (Lipinski definition) is 2. The van der Waals surface area contributed by atoms with Gasteiger partial charge in [0.25, 0.3) is 0 Å². The molecule has 4 rings (SSSR count). The highest BCUT2D eigenvalue weighted by Crippen LogP contribution is 2.41. The standard InChI is InChI=1S/C18H18N4O3S2/c1-22(2)27(24,25)21-11-6-7-12-14(9-17(23)20-16(12)8-11)13-4-3-5-15-18(13)26-10-19-15/h3-8,10,14,21H,9H2,1-2H3,(H,20,23). The molecule has 0 fully saturated rings. The van der Waals surface area contributed by atoms with Crippen molar-refractivity contribution in [2.24, 2.45) is 0 Å². The molecule has 1 aliphatic heterocycles. The summed E-state index contributed by atoms with van der Waals surface area (Å²) in [5.41, 5.74) is 5.77. The van der Waals surface area contributed by atoms with Gasteiger partial charge in [-0.25, -0.2) is 4.98 Å². The molecule has 3 aromatic rings. The average molecular weight is 403 g/mol. The largest absolute Gasteiger partial charge is 0.326 e. The van der Waals surface area contributed by atoms with Gasteiger partial charge >= 0.3 is 10.2 Å². The predicted octanol–water partition coefficient (Wildman–Crippen LogP) is 2.99. The van der Waals surface area contributed by atoms with Gasteiger partial charge in [-0.1, -0.05) is 18.2 Å². The molecule has 0 saturated carbocycles. The molecule has 2 aromatic carbocycles. The van der Waals surface area contributed by atoms with Crippen LogP contribution >= 0.6 is 11.3 Å². The molecule has 27 heavy (non-hydrogen) atoms. The maximum atomic E-state index is 12.3. The first kappa shape index (κ1) is 17.9. The lowest BCUT2D eigenvalue weighted by atomic mass is 9.84. The van der Waals surface area contributed by atoms with E-state index in [1.807, 2.05) is 24.3 Å². The molecule has 2 heterocycles. The molecular weight excluding hydrogens is 384 g/mol. The van der Waals surface area contributed by atoms with Gasteiger partial charge in [0.05, 0.1) is 21.4 Å². The van der Waals surface area contributed by atoms with Gasteiger partial charge in [-0.3, -0.25) is 9.52 Å². The van der Waals surface area contributed by atoms with Gasteiger partial charge in [0.15, 0.2) is 0 Å². The summed E-state index contributed by atoms with van der Waals surface area (Å²) >= 11 is 1.56. The van der Waals surface area contributed by atoms with Gasteiger partial charge in [-0.15, -0.1) is 11.3 Å². The first-order valence-corrected chi connectivity index (χ1v) is 10.6. The molecule has 1 unspecified atom stereocenters. The number of nitrogens with one attached hydrogen (secondary N) is 2. The molecule has 7 nitrogen and oxygen atoms in total. The first-order chi connectivity index (χ1) is 12.8. The number of aromatic nitrogens is 1. The fraction of sp³-hybridized carbons (Fsp3) is 0.222. The number of hydrogen-bond acceptors (Lipinski definition) is 5. The van der Waals surface area contributed by atoms with Crippen molar-refractivity contribution in [3.8, 4) is 0 Å². The Morgan fingerprint density at radius 3 is 2.81 bits per heavy atom. The molecular formula is C18H18N4O3S2. The first-order valence-electron chi connectivity index (χ1n) is 8.31. The molecule has 2 N–H and O–H groups in total. The highest BCUT2D eigenvalue weighted by molar-refractivity contribution is 7.90. The van der Waals surface area contributed by atoms with Crippen LogP contribution in [0, 0.1) is 0 Å². The van der Waals surface area contributed by atoms with Crippen molar-refractivity contribution in [2.75, 3.05) is 24.1 Å². The van der Waals surface area contributed by atoms with Crippen molar-refractivity contribution < 1.29 is 13.2 Å². The zero-order valence-electron chi connectivity index (χ0n) is 14.8. The van der Waals surface area contributed by atoms with Crippen molar-refractivity contribution in [1.29, 1.82) is 0 Å². The van der Waals surface area contributed by atoms with Crippen LogP contribution in [-0.2, 0) is 15.0 Å². The fourth-order valence-corrected chi connectivity index (χ4v) is 4.70. The third-order valence-corrected chi connectivity index (χ3v) is 6.93. The summed E-state index contributed by atoms with van der Waals surface area (Å²) in [6.45, 7) is 0. The van der Waals surface area contributed by atoms with E-state index in [1.165, 1.54) is 14.1 Å². The van der Waals surface area contributed by atoms with Crippen LogP contribution in [0.1, 0.15) is 23.5 Å². The maximum Gasteiger partial charge on any atom is 0.301 e. The number of nitrogens with zero attached hydrogens (tertiary/aromatic N) is 2. The van der Waals surface area contributed by atoms with Crippen LogP contribution in [0.2, 0.25) is 0 Å². The van der Waals surface area contributed by atoms with Gasteiger partial charge in [-0.05, 0) is 29.3 Å². The highest BCUT2D eigenvalue weighted by atomic mass is 32.2. The number of benzene rings is 2. The van der Waals surface area contributed by atoms with E-state index < -0.39 is 10.2 Å². The topological polar surface area (TPSA) is 91.4 Å². The molecule has 9 heteroatoms. The number of rotatable bonds is 4. The van der Waals surface area contributed by atoms with Crippen molar-refractivity contribution in [1.82, 2.24) is 9.29 Å². The van der Waals surface area contributed by atoms with Crippen LogP contribution in [-0.4, -0.2) is 37.7 Å². The fourth-order valence-electron chi connectivity index (χ4n) is 3.23. The van der Waals surface area contributed by atoms with Crippen LogP contribution in [0.3, 0.4) is 0 Å². The monoisotopic (exact) mass is 402 g/mol. The van der Waals surface area contributed by atoms with E-state index in [4.69, 9.17) is 0 Å². The Morgan fingerprint density at radius 1 is 1.22 bits per heavy atom. The van der Waals surface area contributed by atoms with Gasteiger partial charge in [-0.2, -0.15) is 12.7 Å². The average Bonchev–Trinajstić information content (AvgIpc) is 3.09. The van der Waals surface area contributed by atoms with Crippen molar-refractivity contribution >= 4 is 49.0 Å². The number of carbonyl (C=O) groups is 1. The molecule has 0 bridgehead atoms. The lowest BCUT2D eigenvalue weighted by molar-refractivity contribution is -0.116. The normalized spacial score (nSPS) is 17.0. The number of carbonyl (C=O) groups excluding carboxylic acids is 1. The minimum atomic E-state index is -3.61. The number of thiazole rings is 1. The summed E-state index contributed by atoms with van der Waals surface area (Å²) < 4.78 is 28.8. The molecule has 0 saturated heterocycles. The molecule has 140 valence electrons. The Balaban J connectivity index is 1.77. The molecule has 0 spiro atoms. The lowest BCUT2D eigenvalue weighted by Crippen LogP contribution is -2.29. The summed E-state index contributed by atoms with van der Waals surface area (Å²) in [7, 11) is -0.709. The third-order valence-electron chi connectivity index (χ3n) is 4.58. The summed E-state index contributed by atoms with van der Waals surface area (Å²) in [4.78, 5) is 16.7. The zero-order chi connectivity index (χ0) is 19.2. The van der Waals surface area contributed by atoms with E-state index in [-0.39, 0.29) is 11.8 Å². The summed E-state index contributed by atoms with van der Waals surface area (Å²) in [6, 6.07) is 11.2. The summed E-state index contributed by atoms with van der Waals surface area (Å²) in [6.07, 6.45) is 0.340. The van der Waals surface area contributed by atoms with Crippen LogP contribution in [0.5, 0.6) is 0 Å². The van der Waals surface area contributed by atoms with Crippen LogP contribution in [0.4, 0.5) is 11.4 Å². The predicted molar refractivity (Wildman–Crippen MR) is 107 cm³/mol. The van der Waals surface area contributed by atoms with Crippen LogP contribution < -0.4 is 10.0 Å². The molecule has 1 amide bonds. The Kier molecular flexibility index (Phi) is 4.37. The minimum Gasteiger partial charge on any atom is -0.326 e. The lowest BCUT2D eigenvalue weighted by Gasteiger charge is -2.27. The van der Waals surface area contributed by atoms with Crippen molar-refractivity contribution in [3.63, 3.8) is 0 Å². The van der Waals surface area contributed by atoms with Crippen LogP contribution in [0.25, 0.3) is 10.2 Å². The third kappa shape index (κ3) is 3.29. The van der Waals surface area contributed by atoms with Crippen LogP contribution in [0.15, 0.2) is 41.9 Å². The van der Waals surface area contributed by atoms with Crippen molar-refractivity contribution in [2.45, 2.75) is 12.3 Å². The van der Waals surface area contributed by atoms with Gasteiger partial charge in [0.2, 0.25) is 5.91 Å². The van der Waals surface area contributed by atoms with E-state index in [9.17, 15) is 13.2 Å². The Labute approximate surface area is 161 Å². The van der Waals surface area contributed by atoms with Gasteiger partial charge in [0.1, 0.15) is 0 Å². The Morgan fingerprint density at radius 2 is 2.04 bits per heavy atom. The highest BCUT2D eigenvalue weighted by Gasteiger charge is 2.28. The molecule has 0 aliphatic carbocycles. The molecule has 1 aliphatic rings. The van der Waals surface area contributed by atoms with E-state index >= 15 is 0 Å². The zero-order valence-corrected chi connectivity index (χ0v) is 16.4. The van der Waals surface area contributed by atoms with E-state index in [2.05, 4.69) is 15.0 Å². The Bertz CT molecular complexity index is 1140. The SMILES string of the molecule is CN(C)S(=O)(=O)Nc1ccc2c(c1)NC(=O)CC2c1cccc2ncsc12. The minimum absolute atomic E-state index is 0.0957. The Hall–Kier alpha value is -2.49. The van der Waals surface area contributed by atoms with Gasteiger partial charge < -0.3 is 5.32 Å². The second-order valence-corrected chi connectivity index (χ2v) is 9.28. The van der Waals surface area contributed by atoms with E-state index in [0.29, 0.717) is 17.8 Å². The summed E-state index contributed by atoms with van der Waals surface area (Å²) in [5.74, 6) is -0.195. The second kappa shape index (κ2) is 6.59. The van der Waals surface area contributed by atoms with Crippen molar-refractivity contribution in [3.05, 3.63) is 53.0 Å². The summed E-state index contributed by atoms with van der Waals surface area (Å²) in [5, 5.41) is 2.86. The quantitative estimate of drug-likeness (QED) is 0.702. The molecule has 1 aromatic heterocycles. The number of anilines is 2.